The fourth-order valence-corrected chi connectivity index (χ4v) is 3.47. The van der Waals surface area contributed by atoms with E-state index in [2.05, 4.69) is 76.3 Å². The molecule has 160 valence electrons. The van der Waals surface area contributed by atoms with E-state index >= 15 is 0 Å². The third-order valence-corrected chi connectivity index (χ3v) is 5.09. The Hall–Kier alpha value is -0.173. The summed E-state index contributed by atoms with van der Waals surface area (Å²) in [6.07, 6.45) is 12.1. The number of hydrogen-bond donors (Lipinski definition) is 0. The monoisotopic (exact) mass is 385 g/mol. The predicted octanol–water partition coefficient (Wildman–Crippen LogP) is 2.26. The van der Waals surface area contributed by atoms with Crippen LogP contribution in [0.25, 0.3) is 0 Å². The molecule has 0 rings (SSSR count). The van der Waals surface area contributed by atoms with Crippen LogP contribution in [0.3, 0.4) is 0 Å². The second kappa shape index (κ2) is 18.8. The van der Waals surface area contributed by atoms with E-state index in [4.69, 9.17) is 0 Å². The van der Waals surface area contributed by atoms with Gasteiger partial charge < -0.3 is 9.80 Å². The van der Waals surface area contributed by atoms with Crippen LogP contribution >= 0.6 is 0 Å². The van der Waals surface area contributed by atoms with E-state index in [1.165, 1.54) is 49.7 Å². The van der Waals surface area contributed by atoms with Gasteiger partial charge in [-0.25, -0.2) is 18.6 Å². The molecule has 0 amide bonds. The van der Waals surface area contributed by atoms with Gasteiger partial charge in [0.15, 0.2) is 0 Å². The SMILES string of the molecule is C=C(C)C(CC/C([CH2-])=C\CCCCC)N(CCCN(C)C)CCCN(C)C.[Li+]. The van der Waals surface area contributed by atoms with Crippen molar-refractivity contribution in [2.75, 3.05) is 54.4 Å². The Morgan fingerprint density at radius 3 is 1.89 bits per heavy atom. The molecule has 4 heteroatoms. The smallest absolute Gasteiger partial charge is 0.309 e. The Morgan fingerprint density at radius 2 is 1.46 bits per heavy atom. The Labute approximate surface area is 189 Å². The van der Waals surface area contributed by atoms with Crippen LogP contribution in [-0.4, -0.2) is 75.1 Å². The maximum absolute atomic E-state index is 4.32. The number of hydrogen-bond acceptors (Lipinski definition) is 3. The van der Waals surface area contributed by atoms with Crippen molar-refractivity contribution in [3.63, 3.8) is 0 Å². The summed E-state index contributed by atoms with van der Waals surface area (Å²) < 4.78 is 0. The summed E-state index contributed by atoms with van der Waals surface area (Å²) >= 11 is 0. The van der Waals surface area contributed by atoms with Crippen LogP contribution in [0.15, 0.2) is 23.8 Å². The molecule has 0 aromatic rings. The molecule has 0 aromatic heterocycles. The number of nitrogens with zero attached hydrogens (tertiary/aromatic N) is 3. The second-order valence-corrected chi connectivity index (χ2v) is 8.61. The summed E-state index contributed by atoms with van der Waals surface area (Å²) in [6.45, 7) is 17.7. The van der Waals surface area contributed by atoms with Crippen molar-refractivity contribution in [1.29, 1.82) is 0 Å². The van der Waals surface area contributed by atoms with Crippen LogP contribution in [0.2, 0.25) is 0 Å². The first kappa shape index (κ1) is 30.0. The van der Waals surface area contributed by atoms with Gasteiger partial charge in [-0.05, 0) is 80.6 Å². The maximum Gasteiger partial charge on any atom is 1.00 e. The summed E-state index contributed by atoms with van der Waals surface area (Å²) in [5.41, 5.74) is 2.60. The van der Waals surface area contributed by atoms with Crippen LogP contribution in [0.1, 0.15) is 65.2 Å². The van der Waals surface area contributed by atoms with E-state index in [9.17, 15) is 0 Å². The summed E-state index contributed by atoms with van der Waals surface area (Å²) in [5, 5.41) is 0. The van der Waals surface area contributed by atoms with Crippen LogP contribution in [-0.2, 0) is 0 Å². The van der Waals surface area contributed by atoms with Gasteiger partial charge in [0.25, 0.3) is 0 Å². The molecule has 1 atom stereocenters. The molecule has 0 fully saturated rings. The Bertz CT molecular complexity index is 391. The molecule has 0 aliphatic carbocycles. The van der Waals surface area contributed by atoms with Gasteiger partial charge in [0.1, 0.15) is 0 Å². The third-order valence-electron chi connectivity index (χ3n) is 5.09. The first-order chi connectivity index (χ1) is 12.8. The van der Waals surface area contributed by atoms with Crippen LogP contribution in [0.5, 0.6) is 0 Å². The summed E-state index contributed by atoms with van der Waals surface area (Å²) in [5.74, 6) is 0. The molecule has 0 aromatic carbocycles. The zero-order valence-electron chi connectivity index (χ0n) is 20.4. The van der Waals surface area contributed by atoms with E-state index in [1.54, 1.807) is 0 Å². The van der Waals surface area contributed by atoms with Crippen LogP contribution in [0.4, 0.5) is 0 Å². The van der Waals surface area contributed by atoms with Crippen molar-refractivity contribution in [2.45, 2.75) is 71.3 Å². The van der Waals surface area contributed by atoms with Crippen molar-refractivity contribution in [2.24, 2.45) is 0 Å². The van der Waals surface area contributed by atoms with Crippen LogP contribution < -0.4 is 18.9 Å². The molecule has 0 aliphatic heterocycles. The molecule has 0 N–H and O–H groups in total. The van der Waals surface area contributed by atoms with E-state index < -0.39 is 0 Å². The van der Waals surface area contributed by atoms with Gasteiger partial charge in [0.05, 0.1) is 0 Å². The standard InChI is InChI=1S/C24H48N3.Li/c1-9-10-11-12-15-23(4)16-17-24(22(2)3)27(20-13-18-25(5)6)21-14-19-26(7)8;/h15,24H,2,4,9-14,16-21H2,1,3,5-8H3;/q-1;+1/b23-15-;. The molecule has 0 heterocycles. The van der Waals surface area contributed by atoms with Gasteiger partial charge in [0.2, 0.25) is 0 Å². The topological polar surface area (TPSA) is 9.72 Å². The molecule has 1 unspecified atom stereocenters. The molecule has 0 radical (unpaired) electrons. The van der Waals surface area contributed by atoms with E-state index in [0.29, 0.717) is 6.04 Å². The van der Waals surface area contributed by atoms with Crippen molar-refractivity contribution in [1.82, 2.24) is 14.7 Å². The Kier molecular flexibility index (Phi) is 20.2. The summed E-state index contributed by atoms with van der Waals surface area (Å²) in [7, 11) is 8.63. The number of allylic oxidation sites excluding steroid dienone is 2. The minimum atomic E-state index is 0. The van der Waals surface area contributed by atoms with E-state index in [-0.39, 0.29) is 18.9 Å². The maximum atomic E-state index is 4.32. The third kappa shape index (κ3) is 16.8. The van der Waals surface area contributed by atoms with Gasteiger partial charge in [-0.1, -0.05) is 44.8 Å². The zero-order chi connectivity index (χ0) is 20.7. The van der Waals surface area contributed by atoms with Gasteiger partial charge in [0, 0.05) is 6.04 Å². The average molecular weight is 386 g/mol. The molecule has 0 aliphatic rings. The van der Waals surface area contributed by atoms with Crippen LogP contribution in [0, 0.1) is 6.92 Å². The molecular weight excluding hydrogens is 337 g/mol. The molecule has 0 bridgehead atoms. The van der Waals surface area contributed by atoms with Gasteiger partial charge in [-0.15, -0.1) is 6.42 Å². The van der Waals surface area contributed by atoms with E-state index in [1.807, 2.05) is 0 Å². The number of unbranched alkanes of at least 4 members (excludes halogenated alkanes) is 3. The minimum Gasteiger partial charge on any atom is -0.309 e. The first-order valence-corrected chi connectivity index (χ1v) is 11.0. The van der Waals surface area contributed by atoms with Crippen molar-refractivity contribution < 1.29 is 18.9 Å². The zero-order valence-corrected chi connectivity index (χ0v) is 20.4. The van der Waals surface area contributed by atoms with Gasteiger partial charge >= 0.3 is 18.9 Å². The van der Waals surface area contributed by atoms with Gasteiger partial charge in [-0.2, -0.15) is 0 Å². The normalized spacial score (nSPS) is 13.2. The summed E-state index contributed by atoms with van der Waals surface area (Å²) in [4.78, 5) is 7.22. The fraction of sp³-hybridized carbons (Fsp3) is 0.792. The molecule has 28 heavy (non-hydrogen) atoms. The molecule has 0 saturated carbocycles. The van der Waals surface area contributed by atoms with E-state index in [0.717, 1.165) is 39.0 Å². The average Bonchev–Trinajstić information content (AvgIpc) is 2.57. The predicted molar refractivity (Wildman–Crippen MR) is 123 cm³/mol. The quantitative estimate of drug-likeness (QED) is 0.165. The number of rotatable bonds is 17. The van der Waals surface area contributed by atoms with Gasteiger partial charge in [-0.3, -0.25) is 4.90 Å². The van der Waals surface area contributed by atoms with Crippen molar-refractivity contribution >= 4 is 0 Å². The van der Waals surface area contributed by atoms with Crippen molar-refractivity contribution in [3.05, 3.63) is 30.7 Å². The largest absolute Gasteiger partial charge is 1.00 e. The Morgan fingerprint density at radius 1 is 0.929 bits per heavy atom. The second-order valence-electron chi connectivity index (χ2n) is 8.61. The minimum absolute atomic E-state index is 0. The molecule has 3 nitrogen and oxygen atoms in total. The van der Waals surface area contributed by atoms with Crippen molar-refractivity contribution in [3.8, 4) is 0 Å². The molecular formula is C24H48LiN3. The molecule has 0 saturated heterocycles. The Balaban J connectivity index is 0. The fourth-order valence-electron chi connectivity index (χ4n) is 3.47. The summed E-state index contributed by atoms with van der Waals surface area (Å²) in [6, 6.07) is 0.468. The first-order valence-electron chi connectivity index (χ1n) is 11.0. The molecule has 0 spiro atoms.